The Kier molecular flexibility index (Phi) is 5.84. The number of carbonyl (C=O) groups is 1. The molecule has 1 fully saturated rings. The van der Waals surface area contributed by atoms with Crippen LogP contribution in [0, 0.1) is 9.49 Å². The normalized spacial score (nSPS) is 19.4. The fourth-order valence-electron chi connectivity index (χ4n) is 2.62. The van der Waals surface area contributed by atoms with Crippen LogP contribution in [0.15, 0.2) is 24.3 Å². The van der Waals surface area contributed by atoms with Crippen molar-refractivity contribution in [2.45, 2.75) is 32.7 Å². The molecule has 1 aromatic carbocycles. The van der Waals surface area contributed by atoms with Crippen LogP contribution in [0.2, 0.25) is 0 Å². The molecule has 3 nitrogen and oxygen atoms in total. The number of nitrogens with zero attached hydrogens (tertiary/aromatic N) is 1. The third-order valence-corrected chi connectivity index (χ3v) is 4.67. The Hall–Kier alpha value is -0.620. The van der Waals surface area contributed by atoms with Crippen LogP contribution in [0.3, 0.4) is 0 Å². The van der Waals surface area contributed by atoms with Crippen LogP contribution >= 0.6 is 22.6 Å². The molecule has 4 heteroatoms. The SMILES string of the molecule is CC(C)NCC1CCCN(C(=O)c2ccccc2I)C1. The van der Waals surface area contributed by atoms with Gasteiger partial charge in [0.25, 0.3) is 5.91 Å². The van der Waals surface area contributed by atoms with Gasteiger partial charge in [0.1, 0.15) is 0 Å². The first kappa shape index (κ1) is 15.8. The second-order valence-corrected chi connectivity index (χ2v) is 6.96. The van der Waals surface area contributed by atoms with E-state index in [0.29, 0.717) is 12.0 Å². The number of benzene rings is 1. The largest absolute Gasteiger partial charge is 0.338 e. The summed E-state index contributed by atoms with van der Waals surface area (Å²) in [7, 11) is 0. The van der Waals surface area contributed by atoms with E-state index >= 15 is 0 Å². The molecule has 110 valence electrons. The Morgan fingerprint density at radius 1 is 1.45 bits per heavy atom. The van der Waals surface area contributed by atoms with E-state index in [1.165, 1.54) is 6.42 Å². The van der Waals surface area contributed by atoms with E-state index in [0.717, 1.165) is 35.2 Å². The summed E-state index contributed by atoms with van der Waals surface area (Å²) in [6, 6.07) is 8.35. The number of likely N-dealkylation sites (tertiary alicyclic amines) is 1. The Labute approximate surface area is 135 Å². The van der Waals surface area contributed by atoms with Crippen LogP contribution in [-0.4, -0.2) is 36.5 Å². The Morgan fingerprint density at radius 3 is 2.90 bits per heavy atom. The fourth-order valence-corrected chi connectivity index (χ4v) is 3.24. The topological polar surface area (TPSA) is 32.3 Å². The molecule has 1 heterocycles. The van der Waals surface area contributed by atoms with E-state index in [1.54, 1.807) is 0 Å². The lowest BCUT2D eigenvalue weighted by Crippen LogP contribution is -2.43. The molecule has 2 rings (SSSR count). The lowest BCUT2D eigenvalue weighted by molar-refractivity contribution is 0.0671. The van der Waals surface area contributed by atoms with Gasteiger partial charge in [0.05, 0.1) is 5.56 Å². The third-order valence-electron chi connectivity index (χ3n) is 3.73. The van der Waals surface area contributed by atoms with Crippen LogP contribution in [0.4, 0.5) is 0 Å². The van der Waals surface area contributed by atoms with Crippen molar-refractivity contribution in [3.63, 3.8) is 0 Å². The van der Waals surface area contributed by atoms with Crippen LogP contribution < -0.4 is 5.32 Å². The minimum Gasteiger partial charge on any atom is -0.338 e. The molecule has 0 saturated carbocycles. The van der Waals surface area contributed by atoms with Crippen LogP contribution in [0.25, 0.3) is 0 Å². The molecule has 20 heavy (non-hydrogen) atoms. The Balaban J connectivity index is 1.98. The highest BCUT2D eigenvalue weighted by Crippen LogP contribution is 2.20. The zero-order chi connectivity index (χ0) is 14.5. The van der Waals surface area contributed by atoms with Crippen molar-refractivity contribution in [1.29, 1.82) is 0 Å². The first-order chi connectivity index (χ1) is 9.58. The summed E-state index contributed by atoms with van der Waals surface area (Å²) < 4.78 is 1.04. The van der Waals surface area contributed by atoms with Gasteiger partial charge in [-0.25, -0.2) is 0 Å². The average molecular weight is 386 g/mol. The molecule has 1 atom stereocenters. The minimum atomic E-state index is 0.184. The van der Waals surface area contributed by atoms with Gasteiger partial charge in [-0.3, -0.25) is 4.79 Å². The van der Waals surface area contributed by atoms with Crippen molar-refractivity contribution >= 4 is 28.5 Å². The molecule has 1 amide bonds. The maximum Gasteiger partial charge on any atom is 0.254 e. The highest BCUT2D eigenvalue weighted by molar-refractivity contribution is 14.1. The zero-order valence-corrected chi connectivity index (χ0v) is 14.4. The first-order valence-electron chi connectivity index (χ1n) is 7.35. The van der Waals surface area contributed by atoms with Crippen molar-refractivity contribution in [1.82, 2.24) is 10.2 Å². The van der Waals surface area contributed by atoms with Crippen molar-refractivity contribution in [3.8, 4) is 0 Å². The van der Waals surface area contributed by atoms with Crippen molar-refractivity contribution in [2.75, 3.05) is 19.6 Å². The molecular weight excluding hydrogens is 363 g/mol. The van der Waals surface area contributed by atoms with Crippen molar-refractivity contribution in [3.05, 3.63) is 33.4 Å². The summed E-state index contributed by atoms with van der Waals surface area (Å²) in [5.41, 5.74) is 0.838. The van der Waals surface area contributed by atoms with Crippen LogP contribution in [0.5, 0.6) is 0 Å². The van der Waals surface area contributed by atoms with Gasteiger partial charge in [0, 0.05) is 22.7 Å². The summed E-state index contributed by atoms with van der Waals surface area (Å²) >= 11 is 2.24. The highest BCUT2D eigenvalue weighted by Gasteiger charge is 2.25. The van der Waals surface area contributed by atoms with Crippen LogP contribution in [0.1, 0.15) is 37.0 Å². The first-order valence-corrected chi connectivity index (χ1v) is 8.43. The molecule has 1 N–H and O–H groups in total. The van der Waals surface area contributed by atoms with Gasteiger partial charge < -0.3 is 10.2 Å². The van der Waals surface area contributed by atoms with Gasteiger partial charge in [0.2, 0.25) is 0 Å². The Morgan fingerprint density at radius 2 is 2.20 bits per heavy atom. The lowest BCUT2D eigenvalue weighted by atomic mass is 9.97. The summed E-state index contributed by atoms with van der Waals surface area (Å²) in [5.74, 6) is 0.765. The number of carbonyl (C=O) groups excluding carboxylic acids is 1. The van der Waals surface area contributed by atoms with Crippen LogP contribution in [-0.2, 0) is 0 Å². The summed E-state index contributed by atoms with van der Waals surface area (Å²) in [5, 5.41) is 3.49. The maximum atomic E-state index is 12.6. The van der Waals surface area contributed by atoms with Gasteiger partial charge in [-0.15, -0.1) is 0 Å². The van der Waals surface area contributed by atoms with Gasteiger partial charge in [-0.2, -0.15) is 0 Å². The molecule has 0 radical (unpaired) electrons. The van der Waals surface area contributed by atoms with E-state index in [1.807, 2.05) is 29.2 Å². The summed E-state index contributed by atoms with van der Waals surface area (Å²) in [4.78, 5) is 14.6. The number of piperidine rings is 1. The highest BCUT2D eigenvalue weighted by atomic mass is 127. The molecule has 0 aliphatic carbocycles. The predicted octanol–water partition coefficient (Wildman–Crippen LogP) is 3.14. The van der Waals surface area contributed by atoms with Gasteiger partial charge >= 0.3 is 0 Å². The molecule has 0 bridgehead atoms. The number of amides is 1. The maximum absolute atomic E-state index is 12.6. The number of hydrogen-bond donors (Lipinski definition) is 1. The van der Waals surface area contributed by atoms with E-state index in [2.05, 4.69) is 41.8 Å². The van der Waals surface area contributed by atoms with Gasteiger partial charge in [0.15, 0.2) is 0 Å². The molecular formula is C16H23IN2O. The van der Waals surface area contributed by atoms with E-state index < -0.39 is 0 Å². The quantitative estimate of drug-likeness (QED) is 0.807. The zero-order valence-electron chi connectivity index (χ0n) is 12.2. The number of rotatable bonds is 4. The monoisotopic (exact) mass is 386 g/mol. The minimum absolute atomic E-state index is 0.184. The third kappa shape index (κ3) is 4.19. The Bertz CT molecular complexity index is 462. The molecule has 0 spiro atoms. The van der Waals surface area contributed by atoms with Crippen molar-refractivity contribution in [2.24, 2.45) is 5.92 Å². The molecule has 1 saturated heterocycles. The molecule has 0 aromatic heterocycles. The average Bonchev–Trinajstić information content (AvgIpc) is 2.45. The summed E-state index contributed by atoms with van der Waals surface area (Å²) in [6.45, 7) is 7.11. The van der Waals surface area contributed by atoms with Gasteiger partial charge in [-0.05, 0) is 60.0 Å². The summed E-state index contributed by atoms with van der Waals surface area (Å²) in [6.07, 6.45) is 2.33. The number of halogens is 1. The van der Waals surface area contributed by atoms with Gasteiger partial charge in [-0.1, -0.05) is 26.0 Å². The second kappa shape index (κ2) is 7.41. The van der Waals surface area contributed by atoms with E-state index in [4.69, 9.17) is 0 Å². The predicted molar refractivity (Wildman–Crippen MR) is 90.9 cm³/mol. The lowest BCUT2D eigenvalue weighted by Gasteiger charge is -2.33. The smallest absolute Gasteiger partial charge is 0.254 e. The van der Waals surface area contributed by atoms with E-state index in [9.17, 15) is 4.79 Å². The number of nitrogens with one attached hydrogen (secondary N) is 1. The molecule has 1 unspecified atom stereocenters. The molecule has 1 aliphatic heterocycles. The van der Waals surface area contributed by atoms with Crippen molar-refractivity contribution < 1.29 is 4.79 Å². The van der Waals surface area contributed by atoms with E-state index in [-0.39, 0.29) is 5.91 Å². The second-order valence-electron chi connectivity index (χ2n) is 5.80. The molecule has 1 aliphatic rings. The standard InChI is InChI=1S/C16H23IN2O/c1-12(2)18-10-13-6-5-9-19(11-13)16(20)14-7-3-4-8-15(14)17/h3-4,7-8,12-13,18H,5-6,9-11H2,1-2H3. The number of hydrogen-bond acceptors (Lipinski definition) is 2. The fraction of sp³-hybridized carbons (Fsp3) is 0.562. The molecule has 1 aromatic rings.